The van der Waals surface area contributed by atoms with Crippen molar-refractivity contribution >= 4 is 17.3 Å². The minimum absolute atomic E-state index is 0.0371. The summed E-state index contributed by atoms with van der Waals surface area (Å²) in [6.07, 6.45) is 0.841. The number of rotatable bonds is 7. The van der Waals surface area contributed by atoms with Crippen molar-refractivity contribution in [3.05, 3.63) is 76.5 Å². The van der Waals surface area contributed by atoms with Crippen molar-refractivity contribution < 1.29 is 9.53 Å². The van der Waals surface area contributed by atoms with Crippen molar-refractivity contribution in [1.82, 2.24) is 4.98 Å². The molecule has 0 radical (unpaired) electrons. The van der Waals surface area contributed by atoms with E-state index in [-0.39, 0.29) is 16.6 Å². The van der Waals surface area contributed by atoms with Gasteiger partial charge in [0.1, 0.15) is 17.4 Å². The molecule has 3 rings (SSSR count). The molecule has 0 atom stereocenters. The molecule has 3 aromatic rings. The number of methoxy groups -OCH3 is 1. The van der Waals surface area contributed by atoms with E-state index < -0.39 is 0 Å². The molecule has 0 bridgehead atoms. The molecule has 0 saturated heterocycles. The van der Waals surface area contributed by atoms with Crippen LogP contribution >= 0.6 is 0 Å². The van der Waals surface area contributed by atoms with E-state index >= 15 is 0 Å². The fourth-order valence-corrected chi connectivity index (χ4v) is 3.91. The number of benzene rings is 2. The number of ether oxygens (including phenoxy) is 1. The molecule has 1 aromatic heterocycles. The summed E-state index contributed by atoms with van der Waals surface area (Å²) in [5.41, 5.74) is 6.62. The third-order valence-electron chi connectivity index (χ3n) is 6.01. The van der Waals surface area contributed by atoms with Gasteiger partial charge in [0.25, 0.3) is 0 Å². The van der Waals surface area contributed by atoms with Gasteiger partial charge < -0.3 is 15.0 Å². The van der Waals surface area contributed by atoms with Gasteiger partial charge in [0, 0.05) is 18.5 Å². The van der Waals surface area contributed by atoms with Crippen LogP contribution in [0.3, 0.4) is 0 Å². The van der Waals surface area contributed by atoms with Crippen LogP contribution in [0.2, 0.25) is 0 Å². The Morgan fingerprint density at radius 1 is 0.909 bits per heavy atom. The van der Waals surface area contributed by atoms with Gasteiger partial charge in [-0.15, -0.1) is 0 Å². The van der Waals surface area contributed by atoms with Crippen molar-refractivity contribution in [2.45, 2.75) is 72.1 Å². The summed E-state index contributed by atoms with van der Waals surface area (Å²) in [5.74, 6) is 1.84. The number of hydrogen-bond acceptors (Lipinski definition) is 3. The van der Waals surface area contributed by atoms with Crippen LogP contribution in [0.25, 0.3) is 0 Å². The molecule has 0 spiro atoms. The molecule has 0 aliphatic heterocycles. The number of ketones is 1. The Balaban J connectivity index is 1.77. The highest BCUT2D eigenvalue weighted by molar-refractivity contribution is 5.84. The quantitative estimate of drug-likeness (QED) is 0.410. The summed E-state index contributed by atoms with van der Waals surface area (Å²) in [4.78, 5) is 16.4. The largest absolute Gasteiger partial charge is 0.495 e. The molecule has 0 amide bonds. The van der Waals surface area contributed by atoms with Gasteiger partial charge in [-0.3, -0.25) is 4.79 Å². The maximum Gasteiger partial charge on any atom is 0.142 e. The second-order valence-corrected chi connectivity index (χ2v) is 11.0. The van der Waals surface area contributed by atoms with E-state index in [9.17, 15) is 4.79 Å². The number of nitrogens with one attached hydrogen (secondary N) is 2. The summed E-state index contributed by atoms with van der Waals surface area (Å²) in [5, 5.41) is 3.36. The molecule has 2 aromatic carbocycles. The van der Waals surface area contributed by atoms with Crippen molar-refractivity contribution in [3.63, 3.8) is 0 Å². The van der Waals surface area contributed by atoms with Gasteiger partial charge in [0.15, 0.2) is 0 Å². The van der Waals surface area contributed by atoms with Crippen molar-refractivity contribution in [2.75, 3.05) is 12.4 Å². The summed E-state index contributed by atoms with van der Waals surface area (Å²) in [7, 11) is 1.66. The molecule has 0 unspecified atom stereocenters. The minimum atomic E-state index is 0.0371. The Bertz CT molecular complexity index is 1100. The number of hydrogen-bond donors (Lipinski definition) is 2. The molecular formula is C29H38N2O2. The van der Waals surface area contributed by atoms with Crippen LogP contribution < -0.4 is 10.1 Å². The number of aromatic nitrogens is 1. The van der Waals surface area contributed by atoms with Gasteiger partial charge in [-0.05, 0) is 58.2 Å². The van der Waals surface area contributed by atoms with Gasteiger partial charge in [0.2, 0.25) is 0 Å². The van der Waals surface area contributed by atoms with E-state index in [1.807, 2.05) is 37.3 Å². The van der Waals surface area contributed by atoms with E-state index in [1.165, 1.54) is 11.1 Å². The Labute approximate surface area is 198 Å². The molecule has 2 N–H and O–H groups in total. The number of carbonyl (C=O) groups is 1. The van der Waals surface area contributed by atoms with Crippen molar-refractivity contribution in [3.8, 4) is 5.75 Å². The van der Waals surface area contributed by atoms with Crippen LogP contribution in [0.5, 0.6) is 5.75 Å². The summed E-state index contributed by atoms with van der Waals surface area (Å²) >= 11 is 0. The molecule has 4 nitrogen and oxygen atoms in total. The first-order valence-corrected chi connectivity index (χ1v) is 11.6. The number of anilines is 2. The highest BCUT2D eigenvalue weighted by Crippen LogP contribution is 2.31. The van der Waals surface area contributed by atoms with Crippen LogP contribution in [0.15, 0.2) is 48.5 Å². The average Bonchev–Trinajstić information content (AvgIpc) is 3.05. The van der Waals surface area contributed by atoms with E-state index in [2.05, 4.69) is 70.0 Å². The topological polar surface area (TPSA) is 54.1 Å². The zero-order chi connectivity index (χ0) is 24.4. The first kappa shape index (κ1) is 24.6. The molecule has 1 heterocycles. The molecular weight excluding hydrogens is 408 g/mol. The second-order valence-electron chi connectivity index (χ2n) is 11.0. The molecule has 4 heteroatoms. The van der Waals surface area contributed by atoms with Crippen molar-refractivity contribution in [2.24, 2.45) is 0 Å². The molecule has 0 fully saturated rings. The third kappa shape index (κ3) is 6.28. The SMILES string of the molecule is COc1ccccc1Nc1cc(CC(=O)Cc2cc(C(C)(C)C)cc(C(C)(C)C)c2)c(C)[nH]1. The van der Waals surface area contributed by atoms with E-state index in [0.717, 1.165) is 34.1 Å². The normalized spacial score (nSPS) is 12.0. The van der Waals surface area contributed by atoms with Crippen molar-refractivity contribution in [1.29, 1.82) is 0 Å². The number of carbonyl (C=O) groups excluding carboxylic acids is 1. The van der Waals surface area contributed by atoms with Crippen LogP contribution in [0.1, 0.15) is 69.5 Å². The van der Waals surface area contributed by atoms with Crippen LogP contribution in [-0.4, -0.2) is 17.9 Å². The number of Topliss-reactive ketones (excluding diaryl/α,β-unsaturated/α-hetero) is 1. The lowest BCUT2D eigenvalue weighted by Gasteiger charge is -2.26. The first-order valence-electron chi connectivity index (χ1n) is 11.6. The number of aryl methyl sites for hydroxylation is 1. The predicted molar refractivity (Wildman–Crippen MR) is 138 cm³/mol. The lowest BCUT2D eigenvalue weighted by atomic mass is 9.79. The molecule has 33 heavy (non-hydrogen) atoms. The molecule has 0 saturated carbocycles. The fourth-order valence-electron chi connectivity index (χ4n) is 3.91. The summed E-state index contributed by atoms with van der Waals surface area (Å²) in [6.45, 7) is 15.3. The predicted octanol–water partition coefficient (Wildman–Crippen LogP) is 7.02. The summed E-state index contributed by atoms with van der Waals surface area (Å²) < 4.78 is 5.42. The van der Waals surface area contributed by atoms with Crippen LogP contribution in [-0.2, 0) is 28.5 Å². The number of aromatic amines is 1. The van der Waals surface area contributed by atoms with Gasteiger partial charge in [-0.1, -0.05) is 71.9 Å². The zero-order valence-electron chi connectivity index (χ0n) is 21.3. The highest BCUT2D eigenvalue weighted by atomic mass is 16.5. The van der Waals surface area contributed by atoms with E-state index in [1.54, 1.807) is 7.11 Å². The Kier molecular flexibility index (Phi) is 7.06. The average molecular weight is 447 g/mol. The third-order valence-corrected chi connectivity index (χ3v) is 6.01. The van der Waals surface area contributed by atoms with Gasteiger partial charge in [0.05, 0.1) is 12.8 Å². The minimum Gasteiger partial charge on any atom is -0.495 e. The Hall–Kier alpha value is -3.01. The number of H-pyrrole nitrogens is 1. The van der Waals surface area contributed by atoms with Crippen LogP contribution in [0, 0.1) is 6.92 Å². The monoisotopic (exact) mass is 446 g/mol. The second kappa shape index (κ2) is 9.46. The maximum absolute atomic E-state index is 13.1. The highest BCUT2D eigenvalue weighted by Gasteiger charge is 2.21. The Morgan fingerprint density at radius 2 is 1.52 bits per heavy atom. The lowest BCUT2D eigenvalue weighted by molar-refractivity contribution is -0.117. The Morgan fingerprint density at radius 3 is 2.09 bits per heavy atom. The molecule has 0 aliphatic carbocycles. The molecule has 0 aliphatic rings. The van der Waals surface area contributed by atoms with Gasteiger partial charge in [-0.25, -0.2) is 0 Å². The summed E-state index contributed by atoms with van der Waals surface area (Å²) in [6, 6.07) is 16.5. The molecule has 176 valence electrons. The smallest absolute Gasteiger partial charge is 0.142 e. The fraction of sp³-hybridized carbons (Fsp3) is 0.414. The first-order chi connectivity index (χ1) is 15.4. The maximum atomic E-state index is 13.1. The number of para-hydroxylation sites is 2. The van der Waals surface area contributed by atoms with Crippen LogP contribution in [0.4, 0.5) is 11.5 Å². The van der Waals surface area contributed by atoms with Gasteiger partial charge in [-0.2, -0.15) is 0 Å². The van der Waals surface area contributed by atoms with Gasteiger partial charge >= 0.3 is 0 Å². The standard InChI is InChI=1S/C29H38N2O2/c1-19-21(17-27(30-19)31-25-11-9-10-12-26(25)33-8)16-24(32)15-20-13-22(28(2,3)4)18-23(14-20)29(5,6)7/h9-14,17-18,30-31H,15-16H2,1-8H3. The van der Waals surface area contributed by atoms with E-state index in [0.29, 0.717) is 12.8 Å². The van der Waals surface area contributed by atoms with E-state index in [4.69, 9.17) is 4.74 Å². The zero-order valence-corrected chi connectivity index (χ0v) is 21.3. The lowest BCUT2D eigenvalue weighted by Crippen LogP contribution is -2.18.